The van der Waals surface area contributed by atoms with Crippen molar-refractivity contribution < 1.29 is 4.74 Å². The summed E-state index contributed by atoms with van der Waals surface area (Å²) < 4.78 is 5.47. The van der Waals surface area contributed by atoms with Crippen molar-refractivity contribution in [1.82, 2.24) is 9.97 Å². The average molecular weight is 286 g/mol. The van der Waals surface area contributed by atoms with Gasteiger partial charge in [-0.1, -0.05) is 26.8 Å². The third-order valence-corrected chi connectivity index (χ3v) is 3.72. The van der Waals surface area contributed by atoms with Gasteiger partial charge >= 0.3 is 0 Å². The van der Waals surface area contributed by atoms with Crippen LogP contribution in [0.5, 0.6) is 5.75 Å². The van der Waals surface area contributed by atoms with Crippen LogP contribution in [0.25, 0.3) is 0 Å². The summed E-state index contributed by atoms with van der Waals surface area (Å²) in [6, 6.07) is 5.48. The van der Waals surface area contributed by atoms with Crippen molar-refractivity contribution in [3.63, 3.8) is 0 Å². The Labute approximate surface area is 125 Å². The Balaban J connectivity index is 2.22. The molecule has 0 spiro atoms. The molecular formula is C17H22N2O2. The van der Waals surface area contributed by atoms with Gasteiger partial charge < -0.3 is 9.72 Å². The lowest BCUT2D eigenvalue weighted by atomic mass is 9.96. The summed E-state index contributed by atoms with van der Waals surface area (Å²) in [7, 11) is 1.68. The van der Waals surface area contributed by atoms with Crippen LogP contribution >= 0.6 is 0 Å². The van der Waals surface area contributed by atoms with Crippen molar-refractivity contribution in [2.45, 2.75) is 39.0 Å². The van der Waals surface area contributed by atoms with E-state index in [4.69, 9.17) is 4.74 Å². The van der Waals surface area contributed by atoms with E-state index < -0.39 is 0 Å². The molecule has 0 aliphatic heterocycles. The molecule has 0 bridgehead atoms. The summed E-state index contributed by atoms with van der Waals surface area (Å²) in [6.45, 7) is 6.39. The number of aromatic amines is 1. The lowest BCUT2D eigenvalue weighted by Gasteiger charge is -2.15. The summed E-state index contributed by atoms with van der Waals surface area (Å²) in [5.41, 5.74) is 3.13. The molecule has 0 amide bonds. The fraction of sp³-hybridized carbons (Fsp3) is 0.412. The molecule has 1 N–H and O–H groups in total. The second-order valence-electron chi connectivity index (χ2n) is 5.66. The lowest BCUT2D eigenvalue weighted by Crippen LogP contribution is -2.08. The first kappa shape index (κ1) is 15.3. The molecule has 0 saturated carbocycles. The summed E-state index contributed by atoms with van der Waals surface area (Å²) in [5, 5.41) is 0. The van der Waals surface area contributed by atoms with Gasteiger partial charge in [0.05, 0.1) is 12.8 Å². The number of nitrogens with zero attached hydrogens (tertiary/aromatic N) is 1. The molecule has 0 radical (unpaired) electrons. The second kappa shape index (κ2) is 6.57. The van der Waals surface area contributed by atoms with Gasteiger partial charge in [-0.2, -0.15) is 0 Å². The van der Waals surface area contributed by atoms with Crippen molar-refractivity contribution in [1.29, 1.82) is 0 Å². The Morgan fingerprint density at radius 2 is 2.00 bits per heavy atom. The molecule has 21 heavy (non-hydrogen) atoms. The Morgan fingerprint density at radius 1 is 1.24 bits per heavy atom. The first-order valence-corrected chi connectivity index (χ1v) is 7.22. The van der Waals surface area contributed by atoms with Crippen LogP contribution in [0.3, 0.4) is 0 Å². The summed E-state index contributed by atoms with van der Waals surface area (Å²) in [5.74, 6) is 1.52. The van der Waals surface area contributed by atoms with Crippen LogP contribution in [0.1, 0.15) is 49.4 Å². The van der Waals surface area contributed by atoms with E-state index in [2.05, 4.69) is 36.8 Å². The smallest absolute Gasteiger partial charge is 0.247 e. The zero-order valence-electron chi connectivity index (χ0n) is 13.0. The van der Waals surface area contributed by atoms with E-state index >= 15 is 0 Å². The first-order valence-electron chi connectivity index (χ1n) is 7.22. The maximum absolute atomic E-state index is 11.1. The molecular weight excluding hydrogens is 264 g/mol. The van der Waals surface area contributed by atoms with Crippen LogP contribution in [0.15, 0.2) is 35.4 Å². The van der Waals surface area contributed by atoms with Crippen LogP contribution in [0, 0.1) is 0 Å². The molecule has 4 nitrogen and oxygen atoms in total. The highest BCUT2D eigenvalue weighted by Crippen LogP contribution is 2.27. The number of hydrogen-bond donors (Lipinski definition) is 1. The van der Waals surface area contributed by atoms with Gasteiger partial charge in [0, 0.05) is 24.9 Å². The van der Waals surface area contributed by atoms with Crippen molar-refractivity contribution in [3.8, 4) is 5.75 Å². The van der Waals surface area contributed by atoms with Gasteiger partial charge in [-0.15, -0.1) is 0 Å². The molecule has 112 valence electrons. The number of H-pyrrole nitrogens is 1. The monoisotopic (exact) mass is 286 g/mol. The summed E-state index contributed by atoms with van der Waals surface area (Å²) >= 11 is 0. The minimum Gasteiger partial charge on any atom is -0.495 e. The highest BCUT2D eigenvalue weighted by Gasteiger charge is 2.13. The van der Waals surface area contributed by atoms with Gasteiger partial charge in [-0.3, -0.25) is 9.78 Å². The van der Waals surface area contributed by atoms with Crippen molar-refractivity contribution in [2.24, 2.45) is 0 Å². The van der Waals surface area contributed by atoms with Crippen molar-refractivity contribution in [2.75, 3.05) is 7.11 Å². The number of rotatable bonds is 5. The van der Waals surface area contributed by atoms with E-state index in [0.717, 1.165) is 23.4 Å². The van der Waals surface area contributed by atoms with E-state index in [0.29, 0.717) is 5.92 Å². The molecule has 0 aliphatic carbocycles. The number of hydrogen-bond acceptors (Lipinski definition) is 3. The second-order valence-corrected chi connectivity index (χ2v) is 5.66. The van der Waals surface area contributed by atoms with Crippen molar-refractivity contribution in [3.05, 3.63) is 57.8 Å². The average Bonchev–Trinajstić information content (AvgIpc) is 2.48. The van der Waals surface area contributed by atoms with Crippen LogP contribution < -0.4 is 10.3 Å². The van der Waals surface area contributed by atoms with Crippen LogP contribution in [-0.2, 0) is 6.42 Å². The zero-order valence-corrected chi connectivity index (χ0v) is 13.0. The molecule has 1 unspecified atom stereocenters. The first-order chi connectivity index (χ1) is 10.0. The Kier molecular flexibility index (Phi) is 4.78. The van der Waals surface area contributed by atoms with Crippen LogP contribution in [0.4, 0.5) is 0 Å². The van der Waals surface area contributed by atoms with E-state index in [9.17, 15) is 4.79 Å². The van der Waals surface area contributed by atoms with E-state index in [-0.39, 0.29) is 11.5 Å². The number of ether oxygens (including phenoxy) is 1. The Bertz CT molecular complexity index is 642. The Morgan fingerprint density at radius 3 is 2.57 bits per heavy atom. The van der Waals surface area contributed by atoms with Gasteiger partial charge in [0.25, 0.3) is 0 Å². The molecule has 4 heteroatoms. The highest BCUT2D eigenvalue weighted by atomic mass is 16.5. The predicted octanol–water partition coefficient (Wildman–Crippen LogP) is 3.25. The van der Waals surface area contributed by atoms with Crippen LogP contribution in [0.2, 0.25) is 0 Å². The minimum atomic E-state index is -0.0806. The highest BCUT2D eigenvalue weighted by molar-refractivity contribution is 5.34. The van der Waals surface area contributed by atoms with Crippen molar-refractivity contribution >= 4 is 0 Å². The molecule has 0 aliphatic rings. The topological polar surface area (TPSA) is 55.0 Å². The maximum Gasteiger partial charge on any atom is 0.247 e. The normalized spacial score (nSPS) is 12.4. The standard InChI is InChI=1S/C17H22N2O2/c1-11(2)14-8-16(21-4)15(18-10-14)7-12(3)13-5-6-17(20)19-9-13/h5-6,8-12H,7H2,1-4H3,(H,19,20). The van der Waals surface area contributed by atoms with Crippen LogP contribution in [-0.4, -0.2) is 17.1 Å². The minimum absolute atomic E-state index is 0.0806. The predicted molar refractivity (Wildman–Crippen MR) is 84.1 cm³/mol. The van der Waals surface area contributed by atoms with E-state index in [1.165, 1.54) is 5.56 Å². The zero-order chi connectivity index (χ0) is 15.4. The Hall–Kier alpha value is -2.10. The van der Waals surface area contributed by atoms with Gasteiger partial charge in [0.2, 0.25) is 5.56 Å². The van der Waals surface area contributed by atoms with Gasteiger partial charge in [0.1, 0.15) is 5.75 Å². The molecule has 0 aromatic carbocycles. The molecule has 2 heterocycles. The largest absolute Gasteiger partial charge is 0.495 e. The van der Waals surface area contributed by atoms with Gasteiger partial charge in [-0.05, 0) is 29.0 Å². The molecule has 0 fully saturated rings. The third-order valence-electron chi connectivity index (χ3n) is 3.72. The number of nitrogens with one attached hydrogen (secondary N) is 1. The lowest BCUT2D eigenvalue weighted by molar-refractivity contribution is 0.404. The number of pyridine rings is 2. The number of methoxy groups -OCH3 is 1. The van der Waals surface area contributed by atoms with Gasteiger partial charge in [0.15, 0.2) is 0 Å². The fourth-order valence-corrected chi connectivity index (χ4v) is 2.27. The summed E-state index contributed by atoms with van der Waals surface area (Å²) in [6.07, 6.45) is 4.46. The molecule has 2 rings (SSSR count). The number of aromatic nitrogens is 2. The maximum atomic E-state index is 11.1. The van der Waals surface area contributed by atoms with E-state index in [1.807, 2.05) is 12.3 Å². The SMILES string of the molecule is COc1cc(C(C)C)cnc1CC(C)c1ccc(=O)[nH]c1. The van der Waals surface area contributed by atoms with Gasteiger partial charge in [-0.25, -0.2) is 0 Å². The molecule has 2 aromatic rings. The quantitative estimate of drug-likeness (QED) is 0.918. The van der Waals surface area contributed by atoms with E-state index in [1.54, 1.807) is 19.4 Å². The molecule has 0 saturated heterocycles. The summed E-state index contributed by atoms with van der Waals surface area (Å²) in [4.78, 5) is 18.4. The fourth-order valence-electron chi connectivity index (χ4n) is 2.27. The molecule has 1 atom stereocenters. The molecule has 2 aromatic heterocycles. The third kappa shape index (κ3) is 3.72.